The predicted octanol–water partition coefficient (Wildman–Crippen LogP) is 4.25. The molecule has 2 atom stereocenters. The number of ether oxygens (including phenoxy) is 1. The number of hydrogen-bond donors (Lipinski definition) is 1. The van der Waals surface area contributed by atoms with Gasteiger partial charge in [-0.05, 0) is 81.2 Å². The van der Waals surface area contributed by atoms with Gasteiger partial charge in [0.1, 0.15) is 0 Å². The summed E-state index contributed by atoms with van der Waals surface area (Å²) in [5, 5.41) is 2.94. The van der Waals surface area contributed by atoms with Crippen LogP contribution in [0.25, 0.3) is 0 Å². The van der Waals surface area contributed by atoms with Gasteiger partial charge in [-0.15, -0.1) is 0 Å². The number of amides is 1. The number of fused-ring (bicyclic) bond motifs is 1. The minimum Gasteiger partial charge on any atom is -0.449 e. The molecule has 0 fully saturated rings. The second kappa shape index (κ2) is 9.54. The van der Waals surface area contributed by atoms with Gasteiger partial charge in [-0.2, -0.15) is 0 Å². The molecule has 0 unspecified atom stereocenters. The zero-order valence-electron chi connectivity index (χ0n) is 16.7. The molecular formula is C24H29NO3. The van der Waals surface area contributed by atoms with Gasteiger partial charge in [-0.1, -0.05) is 36.4 Å². The molecule has 148 valence electrons. The highest BCUT2D eigenvalue weighted by Gasteiger charge is 2.21. The quantitative estimate of drug-likeness (QED) is 0.732. The van der Waals surface area contributed by atoms with Gasteiger partial charge >= 0.3 is 5.97 Å². The molecule has 0 bridgehead atoms. The summed E-state index contributed by atoms with van der Waals surface area (Å²) in [6.07, 6.45) is 5.35. The Hall–Kier alpha value is -2.62. The summed E-state index contributed by atoms with van der Waals surface area (Å²) in [5.41, 5.74) is 4.32. The number of nitrogens with one attached hydrogen (secondary N) is 1. The van der Waals surface area contributed by atoms with Crippen LogP contribution in [0.2, 0.25) is 0 Å². The first kappa shape index (κ1) is 20.1. The standard InChI is InChI=1S/C24H29NO3/c1-17(12-13-19-8-4-3-5-9-19)25-23(26)18(2)28-24(27)22-15-14-20-10-6-7-11-21(20)16-22/h3-5,8-9,14-18H,6-7,10-13H2,1-2H3,(H,25,26)/t17-,18+/m1/s1. The third kappa shape index (κ3) is 5.44. The molecule has 0 saturated heterocycles. The molecule has 1 N–H and O–H groups in total. The molecule has 0 heterocycles. The lowest BCUT2D eigenvalue weighted by molar-refractivity contribution is -0.129. The highest BCUT2D eigenvalue weighted by atomic mass is 16.5. The maximum absolute atomic E-state index is 12.4. The fourth-order valence-corrected chi connectivity index (χ4v) is 3.60. The number of hydrogen-bond acceptors (Lipinski definition) is 3. The number of benzene rings is 2. The molecule has 3 rings (SSSR count). The smallest absolute Gasteiger partial charge is 0.338 e. The van der Waals surface area contributed by atoms with E-state index < -0.39 is 12.1 Å². The topological polar surface area (TPSA) is 55.4 Å². The van der Waals surface area contributed by atoms with Crippen molar-refractivity contribution >= 4 is 11.9 Å². The average molecular weight is 380 g/mol. The number of esters is 1. The minimum atomic E-state index is -0.817. The summed E-state index contributed by atoms with van der Waals surface area (Å²) in [6.45, 7) is 3.59. The number of carbonyl (C=O) groups excluding carboxylic acids is 2. The van der Waals surface area contributed by atoms with E-state index in [2.05, 4.69) is 17.4 Å². The van der Waals surface area contributed by atoms with Crippen molar-refractivity contribution in [3.8, 4) is 0 Å². The summed E-state index contributed by atoms with van der Waals surface area (Å²) >= 11 is 0. The summed E-state index contributed by atoms with van der Waals surface area (Å²) in [7, 11) is 0. The van der Waals surface area contributed by atoms with Crippen LogP contribution in [-0.4, -0.2) is 24.0 Å². The average Bonchev–Trinajstić information content (AvgIpc) is 2.72. The Balaban J connectivity index is 1.48. The van der Waals surface area contributed by atoms with Gasteiger partial charge in [0.05, 0.1) is 5.56 Å². The van der Waals surface area contributed by atoms with E-state index in [0.717, 1.165) is 32.1 Å². The zero-order chi connectivity index (χ0) is 19.9. The van der Waals surface area contributed by atoms with Gasteiger partial charge in [0.25, 0.3) is 5.91 Å². The highest BCUT2D eigenvalue weighted by molar-refractivity contribution is 5.92. The van der Waals surface area contributed by atoms with Crippen molar-refractivity contribution in [1.82, 2.24) is 5.32 Å². The summed E-state index contributed by atoms with van der Waals surface area (Å²) in [5.74, 6) is -0.695. The number of carbonyl (C=O) groups is 2. The molecule has 4 nitrogen and oxygen atoms in total. The van der Waals surface area contributed by atoms with E-state index in [0.29, 0.717) is 5.56 Å². The second-order valence-corrected chi connectivity index (χ2v) is 7.67. The number of aryl methyl sites for hydroxylation is 3. The van der Waals surface area contributed by atoms with E-state index >= 15 is 0 Å². The third-order valence-electron chi connectivity index (χ3n) is 5.33. The molecule has 2 aromatic carbocycles. The van der Waals surface area contributed by atoms with E-state index in [4.69, 9.17) is 4.74 Å². The van der Waals surface area contributed by atoms with Crippen LogP contribution in [0.4, 0.5) is 0 Å². The van der Waals surface area contributed by atoms with Crippen LogP contribution in [0.15, 0.2) is 48.5 Å². The fourth-order valence-electron chi connectivity index (χ4n) is 3.60. The van der Waals surface area contributed by atoms with Crippen molar-refractivity contribution in [3.63, 3.8) is 0 Å². The van der Waals surface area contributed by atoms with E-state index in [1.165, 1.54) is 23.1 Å². The molecule has 0 spiro atoms. The van der Waals surface area contributed by atoms with Crippen LogP contribution in [-0.2, 0) is 28.8 Å². The normalized spacial score (nSPS) is 15.2. The maximum atomic E-state index is 12.4. The first-order valence-corrected chi connectivity index (χ1v) is 10.2. The summed E-state index contributed by atoms with van der Waals surface area (Å²) in [6, 6.07) is 15.9. The van der Waals surface area contributed by atoms with E-state index in [1.54, 1.807) is 13.0 Å². The molecule has 1 amide bonds. The maximum Gasteiger partial charge on any atom is 0.338 e. The van der Waals surface area contributed by atoms with Crippen molar-refractivity contribution in [3.05, 3.63) is 70.8 Å². The first-order valence-electron chi connectivity index (χ1n) is 10.2. The van der Waals surface area contributed by atoms with Gasteiger partial charge in [0, 0.05) is 6.04 Å². The van der Waals surface area contributed by atoms with Gasteiger partial charge < -0.3 is 10.1 Å². The lowest BCUT2D eigenvalue weighted by atomic mass is 9.90. The molecule has 4 heteroatoms. The second-order valence-electron chi connectivity index (χ2n) is 7.67. The summed E-state index contributed by atoms with van der Waals surface area (Å²) < 4.78 is 5.40. The van der Waals surface area contributed by atoms with Crippen molar-refractivity contribution in [2.24, 2.45) is 0 Å². The van der Waals surface area contributed by atoms with Crippen molar-refractivity contribution in [1.29, 1.82) is 0 Å². The van der Waals surface area contributed by atoms with Crippen LogP contribution in [0.3, 0.4) is 0 Å². The Morgan fingerprint density at radius 3 is 2.46 bits per heavy atom. The lowest BCUT2D eigenvalue weighted by Gasteiger charge is -2.19. The lowest BCUT2D eigenvalue weighted by Crippen LogP contribution is -2.41. The first-order chi connectivity index (χ1) is 13.5. The van der Waals surface area contributed by atoms with Crippen molar-refractivity contribution < 1.29 is 14.3 Å². The molecule has 0 aliphatic heterocycles. The molecule has 0 aromatic heterocycles. The van der Waals surface area contributed by atoms with Crippen molar-refractivity contribution in [2.45, 2.75) is 64.5 Å². The molecule has 1 aliphatic rings. The summed E-state index contributed by atoms with van der Waals surface area (Å²) in [4.78, 5) is 24.8. The largest absolute Gasteiger partial charge is 0.449 e. The molecule has 2 aromatic rings. The minimum absolute atomic E-state index is 0.0117. The Kier molecular flexibility index (Phi) is 6.85. The van der Waals surface area contributed by atoms with Crippen LogP contribution in [0, 0.1) is 0 Å². The van der Waals surface area contributed by atoms with Gasteiger partial charge in [-0.25, -0.2) is 4.79 Å². The van der Waals surface area contributed by atoms with Crippen LogP contribution < -0.4 is 5.32 Å². The van der Waals surface area contributed by atoms with Crippen molar-refractivity contribution in [2.75, 3.05) is 0 Å². The predicted molar refractivity (Wildman–Crippen MR) is 110 cm³/mol. The SMILES string of the molecule is C[C@H](CCc1ccccc1)NC(=O)[C@H](C)OC(=O)c1ccc2c(c1)CCCC2. The van der Waals surface area contributed by atoms with Gasteiger partial charge in [0.15, 0.2) is 6.10 Å². The van der Waals surface area contributed by atoms with Crippen LogP contribution >= 0.6 is 0 Å². The van der Waals surface area contributed by atoms with E-state index in [-0.39, 0.29) is 11.9 Å². The fraction of sp³-hybridized carbons (Fsp3) is 0.417. The molecular weight excluding hydrogens is 350 g/mol. The molecule has 28 heavy (non-hydrogen) atoms. The Labute approximate surface area is 167 Å². The highest BCUT2D eigenvalue weighted by Crippen LogP contribution is 2.22. The van der Waals surface area contributed by atoms with Gasteiger partial charge in [-0.3, -0.25) is 4.79 Å². The molecule has 1 aliphatic carbocycles. The number of rotatable bonds is 7. The van der Waals surface area contributed by atoms with Gasteiger partial charge in [0.2, 0.25) is 0 Å². The zero-order valence-corrected chi connectivity index (χ0v) is 16.7. The van der Waals surface area contributed by atoms with E-state index in [9.17, 15) is 9.59 Å². The van der Waals surface area contributed by atoms with E-state index in [1.807, 2.05) is 37.3 Å². The van der Waals surface area contributed by atoms with Crippen LogP contribution in [0.1, 0.15) is 60.2 Å². The third-order valence-corrected chi connectivity index (χ3v) is 5.33. The molecule has 0 saturated carbocycles. The Bertz CT molecular complexity index is 816. The monoisotopic (exact) mass is 379 g/mol. The van der Waals surface area contributed by atoms with Crippen LogP contribution in [0.5, 0.6) is 0 Å². The molecule has 0 radical (unpaired) electrons. The Morgan fingerprint density at radius 2 is 1.71 bits per heavy atom. The Morgan fingerprint density at radius 1 is 1.00 bits per heavy atom.